The Balaban J connectivity index is 1.18. The minimum atomic E-state index is -4.54. The lowest BCUT2D eigenvalue weighted by Gasteiger charge is -2.31. The standard InChI is InChI=1S/C40H18Br2F6N2O4/c41-27-13-25-29-23(35(51)49(37(25)53)15-17-1-5-19(6-2-17)39(43,44)45)11-9-21-32-28(42)14-26-30-24(12-10-22(34(30)32)31(27)33(21)29)36(52)50(38(26)54)16-18-3-7-20(8-4-18)40(46,47)48/h1-14H,15-16H2. The maximum atomic E-state index is 14.0. The summed E-state index contributed by atoms with van der Waals surface area (Å²) in [5.74, 6) is -2.49. The summed E-state index contributed by atoms with van der Waals surface area (Å²) in [6.45, 7) is -0.510. The molecule has 54 heavy (non-hydrogen) atoms. The Morgan fingerprint density at radius 2 is 0.759 bits per heavy atom. The predicted octanol–water partition coefficient (Wildman–Crippen LogP) is 10.9. The van der Waals surface area contributed by atoms with Gasteiger partial charge in [-0.2, -0.15) is 26.3 Å². The molecule has 268 valence electrons. The molecule has 4 amide bonds. The molecule has 0 radical (unpaired) electrons. The van der Waals surface area contributed by atoms with Gasteiger partial charge in [0.05, 0.1) is 24.2 Å². The number of rotatable bonds is 4. The first-order chi connectivity index (χ1) is 25.5. The van der Waals surface area contributed by atoms with Gasteiger partial charge in [-0.3, -0.25) is 29.0 Å². The highest BCUT2D eigenvalue weighted by molar-refractivity contribution is 9.11. The molecule has 0 bridgehead atoms. The van der Waals surface area contributed by atoms with Crippen molar-refractivity contribution in [3.63, 3.8) is 0 Å². The van der Waals surface area contributed by atoms with Gasteiger partial charge in [-0.05, 0) is 70.4 Å². The lowest BCUT2D eigenvalue weighted by molar-refractivity contribution is -0.138. The van der Waals surface area contributed by atoms with Crippen LogP contribution < -0.4 is 0 Å². The zero-order valence-corrected chi connectivity index (χ0v) is 30.2. The molecular formula is C40H18Br2F6N2O4. The molecule has 7 aromatic carbocycles. The van der Waals surface area contributed by atoms with Crippen LogP contribution >= 0.6 is 31.9 Å². The fourth-order valence-electron chi connectivity index (χ4n) is 7.72. The monoisotopic (exact) mass is 862 g/mol. The lowest BCUT2D eigenvalue weighted by atomic mass is 9.82. The number of alkyl halides is 6. The number of hydrogen-bond donors (Lipinski definition) is 0. The van der Waals surface area contributed by atoms with Crippen LogP contribution in [0, 0.1) is 0 Å². The minimum Gasteiger partial charge on any atom is -0.270 e. The van der Waals surface area contributed by atoms with Crippen molar-refractivity contribution in [2.24, 2.45) is 0 Å². The summed E-state index contributed by atoms with van der Waals surface area (Å²) in [7, 11) is 0. The van der Waals surface area contributed by atoms with E-state index >= 15 is 0 Å². The van der Waals surface area contributed by atoms with E-state index < -0.39 is 47.1 Å². The number of carbonyl (C=O) groups excluding carboxylic acids is 4. The maximum Gasteiger partial charge on any atom is 0.416 e. The number of amides is 4. The van der Waals surface area contributed by atoms with E-state index in [-0.39, 0.29) is 35.3 Å². The molecule has 0 unspecified atom stereocenters. The summed E-state index contributed by atoms with van der Waals surface area (Å²) in [5, 5.41) is 4.45. The van der Waals surface area contributed by atoms with Crippen LogP contribution in [0.25, 0.3) is 43.1 Å². The first-order valence-electron chi connectivity index (χ1n) is 16.2. The molecule has 2 aliphatic heterocycles. The summed E-state index contributed by atoms with van der Waals surface area (Å²) in [6, 6.07) is 18.3. The fraction of sp³-hybridized carbons (Fsp3) is 0.100. The van der Waals surface area contributed by atoms with Crippen LogP contribution in [0.4, 0.5) is 26.3 Å². The smallest absolute Gasteiger partial charge is 0.270 e. The topological polar surface area (TPSA) is 74.8 Å². The first kappa shape index (κ1) is 34.4. The number of carbonyl (C=O) groups is 4. The van der Waals surface area contributed by atoms with Gasteiger partial charge < -0.3 is 0 Å². The van der Waals surface area contributed by atoms with E-state index in [0.29, 0.717) is 63.2 Å². The van der Waals surface area contributed by atoms with Gasteiger partial charge in [0.1, 0.15) is 0 Å². The van der Waals surface area contributed by atoms with Crippen LogP contribution in [0.2, 0.25) is 0 Å². The molecule has 0 aromatic heterocycles. The Kier molecular flexibility index (Phi) is 7.38. The van der Waals surface area contributed by atoms with Crippen molar-refractivity contribution in [3.05, 3.63) is 138 Å². The molecule has 0 N–H and O–H groups in total. The average molecular weight is 864 g/mol. The molecule has 2 aliphatic rings. The van der Waals surface area contributed by atoms with E-state index in [4.69, 9.17) is 0 Å². The number of hydrogen-bond acceptors (Lipinski definition) is 4. The van der Waals surface area contributed by atoms with E-state index in [1.165, 1.54) is 24.3 Å². The summed E-state index contributed by atoms with van der Waals surface area (Å²) >= 11 is 7.29. The van der Waals surface area contributed by atoms with E-state index in [1.54, 1.807) is 36.4 Å². The van der Waals surface area contributed by atoms with Gasteiger partial charge in [-0.25, -0.2) is 0 Å². The molecule has 14 heteroatoms. The second kappa shape index (κ2) is 11.6. The van der Waals surface area contributed by atoms with Crippen LogP contribution in [0.1, 0.15) is 63.7 Å². The molecule has 2 heterocycles. The van der Waals surface area contributed by atoms with E-state index in [2.05, 4.69) is 31.9 Å². The second-order valence-electron chi connectivity index (χ2n) is 13.2. The van der Waals surface area contributed by atoms with Crippen LogP contribution in [-0.2, 0) is 25.4 Å². The zero-order chi connectivity index (χ0) is 38.2. The number of nitrogens with zero attached hydrogens (tertiary/aromatic N) is 2. The lowest BCUT2D eigenvalue weighted by Crippen LogP contribution is -2.40. The van der Waals surface area contributed by atoms with E-state index in [9.17, 15) is 45.5 Å². The molecule has 0 aliphatic carbocycles. The Bertz CT molecular complexity index is 2660. The highest BCUT2D eigenvalue weighted by Gasteiger charge is 2.39. The molecule has 0 spiro atoms. The average Bonchev–Trinajstić information content (AvgIpc) is 3.13. The van der Waals surface area contributed by atoms with Gasteiger partial charge in [0, 0.05) is 63.5 Å². The van der Waals surface area contributed by atoms with Crippen molar-refractivity contribution in [1.29, 1.82) is 0 Å². The summed E-state index contributed by atoms with van der Waals surface area (Å²) in [4.78, 5) is 58.0. The summed E-state index contributed by atoms with van der Waals surface area (Å²) in [5.41, 5.74) is -0.192. The summed E-state index contributed by atoms with van der Waals surface area (Å²) < 4.78 is 79.9. The van der Waals surface area contributed by atoms with Crippen LogP contribution in [0.15, 0.2) is 93.9 Å². The molecular weight excluding hydrogens is 846 g/mol. The van der Waals surface area contributed by atoms with Gasteiger partial charge >= 0.3 is 12.4 Å². The Labute approximate surface area is 316 Å². The van der Waals surface area contributed by atoms with Crippen molar-refractivity contribution < 1.29 is 45.5 Å². The number of fused-ring (bicyclic) bond motifs is 2. The van der Waals surface area contributed by atoms with Gasteiger partial charge in [-0.15, -0.1) is 0 Å². The van der Waals surface area contributed by atoms with Crippen molar-refractivity contribution in [2.45, 2.75) is 25.4 Å². The number of imide groups is 2. The molecule has 7 aromatic rings. The van der Waals surface area contributed by atoms with E-state index in [0.717, 1.165) is 34.1 Å². The van der Waals surface area contributed by atoms with Gasteiger partial charge in [0.15, 0.2) is 0 Å². The predicted molar refractivity (Wildman–Crippen MR) is 194 cm³/mol. The fourth-order valence-corrected chi connectivity index (χ4v) is 9.00. The van der Waals surface area contributed by atoms with Crippen molar-refractivity contribution in [2.75, 3.05) is 0 Å². The zero-order valence-electron chi connectivity index (χ0n) is 27.0. The first-order valence-corrected chi connectivity index (χ1v) is 17.8. The summed E-state index contributed by atoms with van der Waals surface area (Å²) in [6.07, 6.45) is -9.09. The SMILES string of the molecule is O=C1c2ccc3c4c(Br)cc5c6c(ccc(c7c(Br)cc(c2c37)C(=O)N1Cc1ccc(C(F)(F)F)cc1)c64)C(=O)N(Cc1ccc(C(F)(F)F)cc1)C5=O. The number of benzene rings is 7. The largest absolute Gasteiger partial charge is 0.416 e. The quantitative estimate of drug-likeness (QED) is 0.0765. The second-order valence-corrected chi connectivity index (χ2v) is 14.9. The third-order valence-electron chi connectivity index (χ3n) is 10.2. The Morgan fingerprint density at radius 3 is 1.09 bits per heavy atom. The molecule has 6 nitrogen and oxygen atoms in total. The highest BCUT2D eigenvalue weighted by Crippen LogP contribution is 2.50. The van der Waals surface area contributed by atoms with E-state index in [1.807, 2.05) is 0 Å². The highest BCUT2D eigenvalue weighted by atomic mass is 79.9. The van der Waals surface area contributed by atoms with Crippen LogP contribution in [-0.4, -0.2) is 33.4 Å². The maximum absolute atomic E-state index is 14.0. The van der Waals surface area contributed by atoms with Crippen molar-refractivity contribution in [3.8, 4) is 0 Å². The van der Waals surface area contributed by atoms with Crippen molar-refractivity contribution in [1.82, 2.24) is 9.80 Å². The Morgan fingerprint density at radius 1 is 0.426 bits per heavy atom. The minimum absolute atomic E-state index is 0.207. The number of halogens is 8. The van der Waals surface area contributed by atoms with Gasteiger partial charge in [-0.1, -0.05) is 68.3 Å². The van der Waals surface area contributed by atoms with Crippen molar-refractivity contribution >= 4 is 98.6 Å². The Hall–Kier alpha value is -5.34. The van der Waals surface area contributed by atoms with Gasteiger partial charge in [0.2, 0.25) is 0 Å². The molecule has 0 fully saturated rings. The van der Waals surface area contributed by atoms with Gasteiger partial charge in [0.25, 0.3) is 23.6 Å². The molecule has 9 rings (SSSR count). The third kappa shape index (κ3) is 4.92. The normalized spacial score (nSPS) is 14.9. The molecule has 0 atom stereocenters. The molecule has 0 saturated carbocycles. The van der Waals surface area contributed by atoms with Crippen LogP contribution in [0.3, 0.4) is 0 Å². The van der Waals surface area contributed by atoms with Crippen LogP contribution in [0.5, 0.6) is 0 Å². The third-order valence-corrected chi connectivity index (χ3v) is 11.4. The molecule has 0 saturated heterocycles.